The first-order chi connectivity index (χ1) is 7.57. The number of carbonyl (C=O) groups is 2. The molecule has 0 radical (unpaired) electrons. The molecule has 1 amide bonds. The number of carboxylic acid groups (broad SMARTS) is 1. The molecule has 2 aliphatic rings. The number of carboxylic acids is 1. The molecule has 0 aromatic heterocycles. The van der Waals surface area contributed by atoms with Crippen molar-refractivity contribution in [2.75, 3.05) is 12.0 Å². The zero-order chi connectivity index (χ0) is 11.9. The van der Waals surface area contributed by atoms with E-state index in [0.29, 0.717) is 5.75 Å². The SMILES string of the molecule is CSCC1=C(C(=O)O)N2C(=O)C(N)C2CC1. The van der Waals surface area contributed by atoms with Gasteiger partial charge in [0.15, 0.2) is 0 Å². The highest BCUT2D eigenvalue weighted by Gasteiger charge is 2.50. The quantitative estimate of drug-likeness (QED) is 0.682. The van der Waals surface area contributed by atoms with Gasteiger partial charge in [0.2, 0.25) is 5.91 Å². The average molecular weight is 242 g/mol. The van der Waals surface area contributed by atoms with Gasteiger partial charge in [-0.05, 0) is 24.7 Å². The molecule has 2 atom stereocenters. The number of nitrogens with zero attached hydrogens (tertiary/aromatic N) is 1. The zero-order valence-electron chi connectivity index (χ0n) is 8.97. The lowest BCUT2D eigenvalue weighted by atomic mass is 9.84. The summed E-state index contributed by atoms with van der Waals surface area (Å²) < 4.78 is 0. The van der Waals surface area contributed by atoms with E-state index in [1.165, 1.54) is 4.90 Å². The molecule has 0 aromatic rings. The van der Waals surface area contributed by atoms with Crippen LogP contribution in [0.3, 0.4) is 0 Å². The fourth-order valence-electron chi connectivity index (χ4n) is 2.33. The van der Waals surface area contributed by atoms with Crippen molar-refractivity contribution in [3.63, 3.8) is 0 Å². The number of aliphatic carboxylic acids is 1. The second-order valence-corrected chi connectivity index (χ2v) is 4.90. The van der Waals surface area contributed by atoms with E-state index >= 15 is 0 Å². The average Bonchev–Trinajstić information content (AvgIpc) is 2.27. The van der Waals surface area contributed by atoms with Crippen LogP contribution in [-0.4, -0.2) is 46.0 Å². The molecule has 3 N–H and O–H groups in total. The van der Waals surface area contributed by atoms with Gasteiger partial charge in [-0.25, -0.2) is 4.79 Å². The highest BCUT2D eigenvalue weighted by Crippen LogP contribution is 2.36. The van der Waals surface area contributed by atoms with Crippen LogP contribution in [0.5, 0.6) is 0 Å². The molecule has 1 saturated heterocycles. The largest absolute Gasteiger partial charge is 0.477 e. The second kappa shape index (κ2) is 4.10. The predicted octanol–water partition coefficient (Wildman–Crippen LogP) is 0.0200. The van der Waals surface area contributed by atoms with Gasteiger partial charge < -0.3 is 10.8 Å². The molecule has 0 spiro atoms. The maximum absolute atomic E-state index is 11.6. The minimum atomic E-state index is -1.02. The van der Waals surface area contributed by atoms with E-state index in [0.717, 1.165) is 18.4 Å². The van der Waals surface area contributed by atoms with E-state index in [1.54, 1.807) is 11.8 Å². The molecule has 0 aromatic carbocycles. The molecule has 6 heteroatoms. The number of amides is 1. The number of thioether (sulfide) groups is 1. The van der Waals surface area contributed by atoms with Crippen LogP contribution in [0.15, 0.2) is 11.3 Å². The Morgan fingerprint density at radius 3 is 2.94 bits per heavy atom. The fourth-order valence-corrected chi connectivity index (χ4v) is 2.96. The van der Waals surface area contributed by atoms with Crippen LogP contribution in [0.4, 0.5) is 0 Å². The van der Waals surface area contributed by atoms with E-state index in [-0.39, 0.29) is 17.6 Å². The summed E-state index contributed by atoms with van der Waals surface area (Å²) in [6.45, 7) is 0. The van der Waals surface area contributed by atoms with Crippen LogP contribution in [0.2, 0.25) is 0 Å². The maximum Gasteiger partial charge on any atom is 0.352 e. The van der Waals surface area contributed by atoms with Gasteiger partial charge >= 0.3 is 5.97 Å². The van der Waals surface area contributed by atoms with Crippen molar-refractivity contribution >= 4 is 23.6 Å². The minimum Gasteiger partial charge on any atom is -0.477 e. The van der Waals surface area contributed by atoms with Crippen LogP contribution < -0.4 is 5.73 Å². The van der Waals surface area contributed by atoms with Gasteiger partial charge in [-0.3, -0.25) is 9.69 Å². The van der Waals surface area contributed by atoms with E-state index < -0.39 is 12.0 Å². The number of carbonyl (C=O) groups excluding carboxylic acids is 1. The van der Waals surface area contributed by atoms with E-state index in [9.17, 15) is 9.59 Å². The lowest BCUT2D eigenvalue weighted by molar-refractivity contribution is -0.152. The summed E-state index contributed by atoms with van der Waals surface area (Å²) >= 11 is 1.57. The fraction of sp³-hybridized carbons (Fsp3) is 0.600. The van der Waals surface area contributed by atoms with Gasteiger partial charge in [-0.2, -0.15) is 11.8 Å². The molecular weight excluding hydrogens is 228 g/mol. The van der Waals surface area contributed by atoms with Crippen LogP contribution in [0, 0.1) is 0 Å². The third-order valence-electron chi connectivity index (χ3n) is 3.11. The van der Waals surface area contributed by atoms with Gasteiger partial charge in [0, 0.05) is 5.75 Å². The Morgan fingerprint density at radius 1 is 1.69 bits per heavy atom. The highest BCUT2D eigenvalue weighted by molar-refractivity contribution is 7.98. The first-order valence-electron chi connectivity index (χ1n) is 5.10. The van der Waals surface area contributed by atoms with E-state index in [4.69, 9.17) is 10.8 Å². The second-order valence-electron chi connectivity index (χ2n) is 4.03. The molecule has 5 nitrogen and oxygen atoms in total. The first-order valence-corrected chi connectivity index (χ1v) is 6.50. The standard InChI is InChI=1S/C10H14N2O3S/c1-16-4-5-2-3-6-7(11)9(13)12(6)8(5)10(14)15/h6-7H,2-4,11H2,1H3,(H,14,15). The smallest absolute Gasteiger partial charge is 0.352 e. The van der Waals surface area contributed by atoms with E-state index in [1.807, 2.05) is 6.26 Å². The lowest BCUT2D eigenvalue weighted by Gasteiger charge is -2.48. The summed E-state index contributed by atoms with van der Waals surface area (Å²) in [7, 11) is 0. The van der Waals surface area contributed by atoms with Crippen LogP contribution in [-0.2, 0) is 9.59 Å². The predicted molar refractivity (Wildman–Crippen MR) is 60.9 cm³/mol. The van der Waals surface area contributed by atoms with Crippen molar-refractivity contribution in [1.82, 2.24) is 4.90 Å². The summed E-state index contributed by atoms with van der Waals surface area (Å²) in [5, 5.41) is 9.16. The molecular formula is C10H14N2O3S. The zero-order valence-corrected chi connectivity index (χ0v) is 9.79. The van der Waals surface area contributed by atoms with Gasteiger partial charge in [0.1, 0.15) is 11.7 Å². The Hall–Kier alpha value is -1.01. The van der Waals surface area contributed by atoms with Crippen molar-refractivity contribution < 1.29 is 14.7 Å². The normalized spacial score (nSPS) is 28.9. The summed E-state index contributed by atoms with van der Waals surface area (Å²) in [6, 6.07) is -0.616. The van der Waals surface area contributed by atoms with Crippen molar-refractivity contribution in [3.8, 4) is 0 Å². The Balaban J connectivity index is 2.34. The molecule has 1 fully saturated rings. The van der Waals surface area contributed by atoms with Crippen molar-refractivity contribution in [1.29, 1.82) is 0 Å². The van der Waals surface area contributed by atoms with Gasteiger partial charge in [0.05, 0.1) is 6.04 Å². The van der Waals surface area contributed by atoms with Crippen molar-refractivity contribution in [3.05, 3.63) is 11.3 Å². The van der Waals surface area contributed by atoms with Gasteiger partial charge in [0.25, 0.3) is 0 Å². The van der Waals surface area contributed by atoms with Crippen molar-refractivity contribution in [2.45, 2.75) is 24.9 Å². The number of hydrogen-bond acceptors (Lipinski definition) is 4. The molecule has 2 rings (SSSR count). The maximum atomic E-state index is 11.6. The summed E-state index contributed by atoms with van der Waals surface area (Å²) in [5.74, 6) is -0.623. The number of rotatable bonds is 3. The Morgan fingerprint density at radius 2 is 2.38 bits per heavy atom. The summed E-state index contributed by atoms with van der Waals surface area (Å²) in [6.07, 6.45) is 3.42. The monoisotopic (exact) mass is 242 g/mol. The number of hydrogen-bond donors (Lipinski definition) is 2. The van der Waals surface area contributed by atoms with E-state index in [2.05, 4.69) is 0 Å². The molecule has 2 unspecified atom stereocenters. The summed E-state index contributed by atoms with van der Waals surface area (Å²) in [4.78, 5) is 24.1. The Kier molecular flexibility index (Phi) is 2.94. The third-order valence-corrected chi connectivity index (χ3v) is 3.74. The first kappa shape index (κ1) is 11.5. The number of β-lactam (4-membered cyclic amide) rings is 1. The van der Waals surface area contributed by atoms with Crippen LogP contribution >= 0.6 is 11.8 Å². The molecule has 16 heavy (non-hydrogen) atoms. The topological polar surface area (TPSA) is 83.6 Å². The molecule has 88 valence electrons. The Bertz CT molecular complexity index is 380. The van der Waals surface area contributed by atoms with Crippen molar-refractivity contribution in [2.24, 2.45) is 5.73 Å². The summed E-state index contributed by atoms with van der Waals surface area (Å²) in [5.41, 5.74) is 6.65. The molecule has 2 heterocycles. The molecule has 0 aliphatic carbocycles. The van der Waals surface area contributed by atoms with Crippen LogP contribution in [0.25, 0.3) is 0 Å². The van der Waals surface area contributed by atoms with Gasteiger partial charge in [-0.15, -0.1) is 0 Å². The highest BCUT2D eigenvalue weighted by atomic mass is 32.2. The third kappa shape index (κ3) is 1.53. The van der Waals surface area contributed by atoms with Crippen LogP contribution in [0.1, 0.15) is 12.8 Å². The van der Waals surface area contributed by atoms with Gasteiger partial charge in [-0.1, -0.05) is 0 Å². The molecule has 0 bridgehead atoms. The minimum absolute atomic E-state index is 0.107. The number of fused-ring (bicyclic) bond motifs is 1. The molecule has 2 aliphatic heterocycles. The molecule has 0 saturated carbocycles. The lowest BCUT2D eigenvalue weighted by Crippen LogP contribution is -2.69. The Labute approximate surface area is 97.7 Å². The number of nitrogens with two attached hydrogens (primary N) is 1.